The molecule has 0 heterocycles. The summed E-state index contributed by atoms with van der Waals surface area (Å²) in [5.41, 5.74) is -0.0298. The predicted molar refractivity (Wildman–Crippen MR) is 62.6 cm³/mol. The molecule has 0 radical (unpaired) electrons. The fraction of sp³-hybridized carbons (Fsp3) is 1.00. The van der Waals surface area contributed by atoms with Crippen molar-refractivity contribution in [1.82, 2.24) is 5.32 Å². The average molecular weight is 201 g/mol. The maximum atomic E-state index is 5.88. The quantitative estimate of drug-likeness (QED) is 0.652. The van der Waals surface area contributed by atoms with E-state index in [2.05, 4.69) is 39.9 Å². The Morgan fingerprint density at radius 2 is 1.93 bits per heavy atom. The molecule has 0 aliphatic rings. The number of rotatable bonds is 8. The third-order valence-corrected chi connectivity index (χ3v) is 2.34. The van der Waals surface area contributed by atoms with E-state index in [0.29, 0.717) is 5.92 Å². The first-order valence-electron chi connectivity index (χ1n) is 5.86. The van der Waals surface area contributed by atoms with Crippen molar-refractivity contribution in [3.63, 3.8) is 0 Å². The average Bonchev–Trinajstić information content (AvgIpc) is 2.13. The second kappa shape index (κ2) is 7.24. The van der Waals surface area contributed by atoms with Gasteiger partial charge in [-0.2, -0.15) is 0 Å². The molecule has 0 amide bonds. The van der Waals surface area contributed by atoms with Crippen molar-refractivity contribution < 1.29 is 4.74 Å². The number of ether oxygens (including phenoxy) is 1. The van der Waals surface area contributed by atoms with Gasteiger partial charge in [-0.1, -0.05) is 27.2 Å². The first-order chi connectivity index (χ1) is 6.52. The smallest absolute Gasteiger partial charge is 0.0750 e. The first-order valence-corrected chi connectivity index (χ1v) is 5.86. The summed E-state index contributed by atoms with van der Waals surface area (Å²) in [5.74, 6) is 0.681. The van der Waals surface area contributed by atoms with Crippen LogP contribution in [0, 0.1) is 5.92 Å². The number of hydrogen-bond donors (Lipinski definition) is 1. The molecule has 2 heteroatoms. The highest BCUT2D eigenvalue weighted by atomic mass is 16.5. The predicted octanol–water partition coefficient (Wildman–Crippen LogP) is 2.83. The number of nitrogens with one attached hydrogen (secondary N) is 1. The van der Waals surface area contributed by atoms with E-state index in [0.717, 1.165) is 19.7 Å². The van der Waals surface area contributed by atoms with E-state index in [1.165, 1.54) is 12.8 Å². The monoisotopic (exact) mass is 201 g/mol. The van der Waals surface area contributed by atoms with E-state index in [1.54, 1.807) is 0 Å². The van der Waals surface area contributed by atoms with Gasteiger partial charge >= 0.3 is 0 Å². The highest BCUT2D eigenvalue weighted by molar-refractivity contribution is 4.71. The lowest BCUT2D eigenvalue weighted by molar-refractivity contribution is -0.0323. The Kier molecular flexibility index (Phi) is 7.20. The van der Waals surface area contributed by atoms with Crippen LogP contribution in [0.25, 0.3) is 0 Å². The maximum absolute atomic E-state index is 5.88. The summed E-state index contributed by atoms with van der Waals surface area (Å²) < 4.78 is 5.88. The van der Waals surface area contributed by atoms with Gasteiger partial charge in [-0.3, -0.25) is 0 Å². The van der Waals surface area contributed by atoms with E-state index in [9.17, 15) is 0 Å². The summed E-state index contributed by atoms with van der Waals surface area (Å²) in [6.45, 7) is 13.7. The molecular weight excluding hydrogens is 174 g/mol. The SMILES string of the molecule is CCCC(C)COC(C)(C)CNCC. The lowest BCUT2D eigenvalue weighted by atomic mass is 10.1. The molecule has 14 heavy (non-hydrogen) atoms. The highest BCUT2D eigenvalue weighted by Crippen LogP contribution is 2.12. The zero-order valence-corrected chi connectivity index (χ0v) is 10.5. The van der Waals surface area contributed by atoms with Gasteiger partial charge < -0.3 is 10.1 Å². The zero-order valence-electron chi connectivity index (χ0n) is 10.5. The second-order valence-corrected chi connectivity index (χ2v) is 4.74. The molecule has 0 saturated carbocycles. The zero-order chi connectivity index (χ0) is 11.0. The summed E-state index contributed by atoms with van der Waals surface area (Å²) in [6.07, 6.45) is 2.51. The van der Waals surface area contributed by atoms with Crippen molar-refractivity contribution in [3.05, 3.63) is 0 Å². The molecule has 0 fully saturated rings. The Labute approximate surface area is 89.4 Å². The van der Waals surface area contributed by atoms with E-state index in [-0.39, 0.29) is 5.60 Å². The van der Waals surface area contributed by atoms with E-state index in [1.807, 2.05) is 0 Å². The molecule has 86 valence electrons. The van der Waals surface area contributed by atoms with Gasteiger partial charge in [0, 0.05) is 13.2 Å². The van der Waals surface area contributed by atoms with Crippen molar-refractivity contribution in [2.24, 2.45) is 5.92 Å². The molecule has 0 aromatic rings. The van der Waals surface area contributed by atoms with E-state index in [4.69, 9.17) is 4.74 Å². The minimum absolute atomic E-state index is 0.0298. The Balaban J connectivity index is 3.63. The molecule has 1 atom stereocenters. The summed E-state index contributed by atoms with van der Waals surface area (Å²) in [5, 5.41) is 3.32. The van der Waals surface area contributed by atoms with Crippen LogP contribution in [-0.2, 0) is 4.74 Å². The van der Waals surface area contributed by atoms with Gasteiger partial charge in [-0.15, -0.1) is 0 Å². The Morgan fingerprint density at radius 3 is 2.43 bits per heavy atom. The van der Waals surface area contributed by atoms with E-state index >= 15 is 0 Å². The van der Waals surface area contributed by atoms with Gasteiger partial charge in [0.05, 0.1) is 5.60 Å². The van der Waals surface area contributed by atoms with E-state index < -0.39 is 0 Å². The van der Waals surface area contributed by atoms with Gasteiger partial charge in [0.1, 0.15) is 0 Å². The van der Waals surface area contributed by atoms with Crippen LogP contribution in [0.1, 0.15) is 47.5 Å². The minimum Gasteiger partial charge on any atom is -0.374 e. The van der Waals surface area contributed by atoms with Crippen LogP contribution in [0.2, 0.25) is 0 Å². The van der Waals surface area contributed by atoms with Crippen LogP contribution in [0.4, 0.5) is 0 Å². The molecule has 0 saturated heterocycles. The Morgan fingerprint density at radius 1 is 1.29 bits per heavy atom. The Bertz CT molecular complexity index is 134. The van der Waals surface area contributed by atoms with Gasteiger partial charge in [0.15, 0.2) is 0 Å². The normalized spacial score (nSPS) is 14.4. The van der Waals surface area contributed by atoms with Gasteiger partial charge in [0.2, 0.25) is 0 Å². The molecule has 2 nitrogen and oxygen atoms in total. The molecule has 0 aliphatic heterocycles. The molecule has 1 unspecified atom stereocenters. The summed E-state index contributed by atoms with van der Waals surface area (Å²) >= 11 is 0. The fourth-order valence-corrected chi connectivity index (χ4v) is 1.42. The summed E-state index contributed by atoms with van der Waals surface area (Å²) in [4.78, 5) is 0. The molecular formula is C12H27NO. The van der Waals surface area contributed by atoms with Gasteiger partial charge in [-0.05, 0) is 32.7 Å². The third kappa shape index (κ3) is 7.34. The molecule has 1 N–H and O–H groups in total. The standard InChI is InChI=1S/C12H27NO/c1-6-8-11(3)9-14-12(4,5)10-13-7-2/h11,13H,6-10H2,1-5H3. The van der Waals surface area contributed by atoms with Crippen molar-refractivity contribution in [3.8, 4) is 0 Å². The van der Waals surface area contributed by atoms with Crippen LogP contribution in [0.3, 0.4) is 0 Å². The molecule has 0 bridgehead atoms. The van der Waals surface area contributed by atoms with Crippen LogP contribution < -0.4 is 5.32 Å². The van der Waals surface area contributed by atoms with Crippen molar-refractivity contribution in [2.45, 2.75) is 53.1 Å². The van der Waals surface area contributed by atoms with Crippen LogP contribution in [-0.4, -0.2) is 25.3 Å². The van der Waals surface area contributed by atoms with Gasteiger partial charge in [0.25, 0.3) is 0 Å². The molecule has 0 spiro atoms. The molecule has 0 rings (SSSR count). The topological polar surface area (TPSA) is 21.3 Å². The largest absolute Gasteiger partial charge is 0.374 e. The van der Waals surface area contributed by atoms with Crippen LogP contribution >= 0.6 is 0 Å². The summed E-state index contributed by atoms with van der Waals surface area (Å²) in [7, 11) is 0. The number of likely N-dealkylation sites (N-methyl/N-ethyl adjacent to an activating group) is 1. The lowest BCUT2D eigenvalue weighted by Gasteiger charge is -2.27. The lowest BCUT2D eigenvalue weighted by Crippen LogP contribution is -2.38. The van der Waals surface area contributed by atoms with Crippen LogP contribution in [0.5, 0.6) is 0 Å². The van der Waals surface area contributed by atoms with Gasteiger partial charge in [-0.25, -0.2) is 0 Å². The molecule has 0 aromatic carbocycles. The minimum atomic E-state index is -0.0298. The fourth-order valence-electron chi connectivity index (χ4n) is 1.42. The Hall–Kier alpha value is -0.0800. The van der Waals surface area contributed by atoms with Crippen molar-refractivity contribution in [2.75, 3.05) is 19.7 Å². The second-order valence-electron chi connectivity index (χ2n) is 4.74. The first kappa shape index (κ1) is 13.9. The van der Waals surface area contributed by atoms with Crippen LogP contribution in [0.15, 0.2) is 0 Å². The van der Waals surface area contributed by atoms with Crippen molar-refractivity contribution in [1.29, 1.82) is 0 Å². The van der Waals surface area contributed by atoms with Crippen molar-refractivity contribution >= 4 is 0 Å². The third-order valence-electron chi connectivity index (χ3n) is 2.34. The summed E-state index contributed by atoms with van der Waals surface area (Å²) in [6, 6.07) is 0. The maximum Gasteiger partial charge on any atom is 0.0750 e. The number of hydrogen-bond acceptors (Lipinski definition) is 2. The molecule has 0 aromatic heterocycles. The highest BCUT2D eigenvalue weighted by Gasteiger charge is 2.18. The molecule has 0 aliphatic carbocycles.